The van der Waals surface area contributed by atoms with Crippen molar-refractivity contribution in [2.45, 2.75) is 19.8 Å². The first-order chi connectivity index (χ1) is 12.1. The lowest BCUT2D eigenvalue weighted by Crippen LogP contribution is -1.97. The summed E-state index contributed by atoms with van der Waals surface area (Å²) in [4.78, 5) is 0. The Kier molecular flexibility index (Phi) is 5.29. The van der Waals surface area contributed by atoms with Gasteiger partial charge < -0.3 is 9.26 Å². The molecular formula is C21H20FNO2. The summed E-state index contributed by atoms with van der Waals surface area (Å²) in [6.07, 6.45) is 1.50. The van der Waals surface area contributed by atoms with Gasteiger partial charge in [0, 0.05) is 18.1 Å². The van der Waals surface area contributed by atoms with E-state index in [1.165, 1.54) is 12.1 Å². The van der Waals surface area contributed by atoms with Crippen molar-refractivity contribution in [3.63, 3.8) is 0 Å². The van der Waals surface area contributed by atoms with Crippen molar-refractivity contribution in [1.29, 1.82) is 0 Å². The molecule has 1 aromatic heterocycles. The Hall–Kier alpha value is -2.88. The first kappa shape index (κ1) is 17.0. The summed E-state index contributed by atoms with van der Waals surface area (Å²) in [5.41, 5.74) is 3.81. The average Bonchev–Trinajstić information content (AvgIpc) is 3.09. The summed E-state index contributed by atoms with van der Waals surface area (Å²) in [6.45, 7) is 6.25. The maximum atomic E-state index is 12.9. The molecule has 0 aliphatic rings. The molecule has 0 fully saturated rings. The molecule has 3 nitrogen and oxygen atoms in total. The van der Waals surface area contributed by atoms with Gasteiger partial charge in [0.05, 0.1) is 0 Å². The van der Waals surface area contributed by atoms with Crippen molar-refractivity contribution in [3.05, 3.63) is 83.9 Å². The minimum absolute atomic E-state index is 0.221. The van der Waals surface area contributed by atoms with Crippen LogP contribution < -0.4 is 4.74 Å². The molecule has 0 saturated heterocycles. The molecule has 0 bridgehead atoms. The topological polar surface area (TPSA) is 35.3 Å². The molecular weight excluding hydrogens is 317 g/mol. The van der Waals surface area contributed by atoms with E-state index in [-0.39, 0.29) is 5.82 Å². The van der Waals surface area contributed by atoms with Crippen LogP contribution in [0.2, 0.25) is 0 Å². The average molecular weight is 337 g/mol. The third-order valence-corrected chi connectivity index (χ3v) is 3.77. The smallest absolute Gasteiger partial charge is 0.137 e. The van der Waals surface area contributed by atoms with Crippen molar-refractivity contribution >= 4 is 0 Å². The summed E-state index contributed by atoms with van der Waals surface area (Å²) in [7, 11) is 0. The molecule has 0 radical (unpaired) electrons. The molecule has 0 N–H and O–H groups in total. The van der Waals surface area contributed by atoms with Gasteiger partial charge >= 0.3 is 0 Å². The van der Waals surface area contributed by atoms with Gasteiger partial charge in [0.2, 0.25) is 0 Å². The molecule has 4 heteroatoms. The molecule has 2 aromatic carbocycles. The van der Waals surface area contributed by atoms with Crippen molar-refractivity contribution in [2.75, 3.05) is 6.61 Å². The van der Waals surface area contributed by atoms with Crippen LogP contribution in [0.1, 0.15) is 18.2 Å². The van der Waals surface area contributed by atoms with Gasteiger partial charge in [-0.2, -0.15) is 0 Å². The summed E-state index contributed by atoms with van der Waals surface area (Å²) in [5.74, 6) is 1.38. The molecule has 0 spiro atoms. The molecule has 0 unspecified atom stereocenters. The van der Waals surface area contributed by atoms with Gasteiger partial charge in [-0.1, -0.05) is 23.9 Å². The zero-order chi connectivity index (χ0) is 17.6. The summed E-state index contributed by atoms with van der Waals surface area (Å²) < 4.78 is 23.9. The zero-order valence-electron chi connectivity index (χ0n) is 14.2. The van der Waals surface area contributed by atoms with Crippen LogP contribution in [0.15, 0.2) is 71.3 Å². The second-order valence-electron chi connectivity index (χ2n) is 6.08. The van der Waals surface area contributed by atoms with Gasteiger partial charge in [-0.25, -0.2) is 4.39 Å². The van der Waals surface area contributed by atoms with Crippen molar-refractivity contribution in [2.24, 2.45) is 0 Å². The fourth-order valence-electron chi connectivity index (χ4n) is 2.41. The molecule has 0 aliphatic heterocycles. The molecule has 0 amide bonds. The number of hydrogen-bond donors (Lipinski definition) is 0. The van der Waals surface area contributed by atoms with E-state index < -0.39 is 0 Å². The number of halogens is 1. The van der Waals surface area contributed by atoms with Crippen LogP contribution in [0.3, 0.4) is 0 Å². The summed E-state index contributed by atoms with van der Waals surface area (Å²) in [5, 5.41) is 4.13. The van der Waals surface area contributed by atoms with Crippen molar-refractivity contribution in [1.82, 2.24) is 5.16 Å². The molecule has 1 heterocycles. The van der Waals surface area contributed by atoms with Crippen molar-refractivity contribution in [3.8, 4) is 17.0 Å². The minimum Gasteiger partial charge on any atom is -0.489 e. The van der Waals surface area contributed by atoms with E-state index in [2.05, 4.69) is 11.7 Å². The lowest BCUT2D eigenvalue weighted by atomic mass is 10.1. The highest BCUT2D eigenvalue weighted by Gasteiger charge is 2.07. The van der Waals surface area contributed by atoms with Crippen LogP contribution in [0.4, 0.5) is 4.39 Å². The molecule has 0 saturated carbocycles. The van der Waals surface area contributed by atoms with E-state index in [9.17, 15) is 4.39 Å². The van der Waals surface area contributed by atoms with Crippen LogP contribution in [0, 0.1) is 5.82 Å². The first-order valence-corrected chi connectivity index (χ1v) is 8.18. The third-order valence-electron chi connectivity index (χ3n) is 3.77. The van der Waals surface area contributed by atoms with Gasteiger partial charge in [0.15, 0.2) is 0 Å². The Morgan fingerprint density at radius 2 is 1.80 bits per heavy atom. The number of ether oxygens (including phenoxy) is 1. The van der Waals surface area contributed by atoms with E-state index in [1.807, 2.05) is 37.3 Å². The van der Waals surface area contributed by atoms with Crippen LogP contribution in [0.5, 0.6) is 5.75 Å². The van der Waals surface area contributed by atoms with E-state index in [1.54, 1.807) is 12.1 Å². The summed E-state index contributed by atoms with van der Waals surface area (Å²) in [6, 6.07) is 16.2. The number of aryl methyl sites for hydroxylation is 2. The van der Waals surface area contributed by atoms with Gasteiger partial charge in [-0.05, 0) is 60.9 Å². The quantitative estimate of drug-likeness (QED) is 0.554. The lowest BCUT2D eigenvalue weighted by Gasteiger charge is -2.05. The van der Waals surface area contributed by atoms with Gasteiger partial charge in [0.25, 0.3) is 0 Å². The molecule has 128 valence electrons. The zero-order valence-corrected chi connectivity index (χ0v) is 14.2. The van der Waals surface area contributed by atoms with Crippen molar-refractivity contribution < 1.29 is 13.7 Å². The van der Waals surface area contributed by atoms with Crippen LogP contribution in [-0.2, 0) is 12.8 Å². The summed E-state index contributed by atoms with van der Waals surface area (Å²) >= 11 is 0. The number of benzene rings is 2. The van der Waals surface area contributed by atoms with E-state index in [0.717, 1.165) is 46.7 Å². The monoisotopic (exact) mass is 337 g/mol. The molecule has 3 rings (SSSR count). The second kappa shape index (κ2) is 7.79. The Balaban J connectivity index is 1.60. The number of nitrogens with zero attached hydrogens (tertiary/aromatic N) is 1. The Labute approximate surface area is 146 Å². The Bertz CT molecular complexity index is 835. The number of rotatable bonds is 7. The molecule has 25 heavy (non-hydrogen) atoms. The van der Waals surface area contributed by atoms with Crippen LogP contribution >= 0.6 is 0 Å². The standard InChI is InChI=1S/C21H20FNO2/c1-15(2)14-24-19-11-6-17(7-12-19)21-13-20(25-23-21)10-5-16-3-8-18(22)9-4-16/h3-4,6-9,11-13H,1,5,10,14H2,2H3. The number of hydrogen-bond acceptors (Lipinski definition) is 3. The Morgan fingerprint density at radius 1 is 1.08 bits per heavy atom. The highest BCUT2D eigenvalue weighted by molar-refractivity contribution is 5.59. The molecule has 0 atom stereocenters. The SMILES string of the molecule is C=C(C)COc1ccc(-c2cc(CCc3ccc(F)cc3)on2)cc1. The maximum Gasteiger partial charge on any atom is 0.137 e. The normalized spacial score (nSPS) is 10.6. The van der Waals surface area contributed by atoms with Crippen LogP contribution in [0.25, 0.3) is 11.3 Å². The van der Waals surface area contributed by atoms with Crippen LogP contribution in [-0.4, -0.2) is 11.8 Å². The Morgan fingerprint density at radius 3 is 2.48 bits per heavy atom. The van der Waals surface area contributed by atoms with E-state index in [4.69, 9.17) is 9.26 Å². The fraction of sp³-hybridized carbons (Fsp3) is 0.190. The molecule has 3 aromatic rings. The van der Waals surface area contributed by atoms with Gasteiger partial charge in [-0.3, -0.25) is 0 Å². The minimum atomic E-state index is -0.221. The first-order valence-electron chi connectivity index (χ1n) is 8.18. The molecule has 0 aliphatic carbocycles. The fourth-order valence-corrected chi connectivity index (χ4v) is 2.41. The highest BCUT2D eigenvalue weighted by Crippen LogP contribution is 2.23. The second-order valence-corrected chi connectivity index (χ2v) is 6.08. The third kappa shape index (κ3) is 4.80. The van der Waals surface area contributed by atoms with Gasteiger partial charge in [0.1, 0.15) is 29.6 Å². The van der Waals surface area contributed by atoms with Gasteiger partial charge in [-0.15, -0.1) is 0 Å². The number of aromatic nitrogens is 1. The maximum absolute atomic E-state index is 12.9. The highest BCUT2D eigenvalue weighted by atomic mass is 19.1. The largest absolute Gasteiger partial charge is 0.489 e. The van der Waals surface area contributed by atoms with E-state index >= 15 is 0 Å². The predicted molar refractivity (Wildman–Crippen MR) is 96.1 cm³/mol. The lowest BCUT2D eigenvalue weighted by molar-refractivity contribution is 0.352. The van der Waals surface area contributed by atoms with E-state index in [0.29, 0.717) is 6.61 Å². The predicted octanol–water partition coefficient (Wildman–Crippen LogP) is 5.22.